The summed E-state index contributed by atoms with van der Waals surface area (Å²) in [5.74, 6) is -1.35. The highest BCUT2D eigenvalue weighted by Crippen LogP contribution is 2.52. The lowest BCUT2D eigenvalue weighted by Crippen LogP contribution is -2.32. The molecule has 0 spiro atoms. The molecule has 0 aromatic carbocycles. The number of nitrogens with two attached hydrogens (primary N) is 1. The van der Waals surface area contributed by atoms with Gasteiger partial charge in [0.05, 0.1) is 18.4 Å². The average molecular weight is 371 g/mol. The van der Waals surface area contributed by atoms with Crippen molar-refractivity contribution in [1.82, 2.24) is 9.29 Å². The molecule has 2 heterocycles. The SMILES string of the molecule is NC/C(=C\F)COc1ccc(S(=O)(=O)N2C[C@H]3C(C(=O)O)[C@@H]3C2)cn1. The lowest BCUT2D eigenvalue weighted by molar-refractivity contribution is -0.139. The highest BCUT2D eigenvalue weighted by molar-refractivity contribution is 7.89. The molecule has 8 nitrogen and oxygen atoms in total. The molecule has 0 radical (unpaired) electrons. The summed E-state index contributed by atoms with van der Waals surface area (Å²) in [6.07, 6.45) is 1.53. The quantitative estimate of drug-likeness (QED) is 0.703. The lowest BCUT2D eigenvalue weighted by atomic mass is 10.3. The first-order chi connectivity index (χ1) is 11.9. The van der Waals surface area contributed by atoms with Crippen LogP contribution in [0.5, 0.6) is 5.88 Å². The third-order valence-corrected chi connectivity index (χ3v) is 6.43. The Morgan fingerprint density at radius 2 is 2.12 bits per heavy atom. The van der Waals surface area contributed by atoms with E-state index < -0.39 is 21.9 Å². The van der Waals surface area contributed by atoms with Crippen molar-refractivity contribution in [3.63, 3.8) is 0 Å². The van der Waals surface area contributed by atoms with E-state index in [1.54, 1.807) is 0 Å². The number of halogens is 1. The van der Waals surface area contributed by atoms with Gasteiger partial charge in [0.2, 0.25) is 15.9 Å². The summed E-state index contributed by atoms with van der Waals surface area (Å²) in [5, 5.41) is 8.99. The van der Waals surface area contributed by atoms with Gasteiger partial charge in [-0.05, 0) is 17.9 Å². The molecule has 136 valence electrons. The van der Waals surface area contributed by atoms with Crippen molar-refractivity contribution in [3.05, 3.63) is 30.2 Å². The average Bonchev–Trinajstić information content (AvgIpc) is 3.11. The molecule has 0 bridgehead atoms. The van der Waals surface area contributed by atoms with E-state index in [0.717, 1.165) is 0 Å². The molecule has 1 aliphatic heterocycles. The fourth-order valence-electron chi connectivity index (χ4n) is 3.11. The smallest absolute Gasteiger partial charge is 0.307 e. The molecule has 1 aliphatic carbocycles. The maximum absolute atomic E-state index is 12.6. The van der Waals surface area contributed by atoms with Crippen molar-refractivity contribution < 1.29 is 27.4 Å². The Balaban J connectivity index is 1.63. The summed E-state index contributed by atoms with van der Waals surface area (Å²) >= 11 is 0. The van der Waals surface area contributed by atoms with Gasteiger partial charge in [-0.3, -0.25) is 4.79 Å². The maximum Gasteiger partial charge on any atom is 0.307 e. The molecule has 3 rings (SSSR count). The van der Waals surface area contributed by atoms with Crippen LogP contribution in [0.2, 0.25) is 0 Å². The number of carboxylic acid groups (broad SMARTS) is 1. The summed E-state index contributed by atoms with van der Waals surface area (Å²) in [4.78, 5) is 14.9. The number of aromatic nitrogens is 1. The van der Waals surface area contributed by atoms with E-state index in [4.69, 9.17) is 15.6 Å². The van der Waals surface area contributed by atoms with Gasteiger partial charge < -0.3 is 15.6 Å². The van der Waals surface area contributed by atoms with Gasteiger partial charge in [-0.15, -0.1) is 0 Å². The summed E-state index contributed by atoms with van der Waals surface area (Å²) in [7, 11) is -3.72. The van der Waals surface area contributed by atoms with E-state index in [0.29, 0.717) is 6.33 Å². The van der Waals surface area contributed by atoms with Crippen LogP contribution in [0.4, 0.5) is 4.39 Å². The molecule has 2 fully saturated rings. The molecule has 0 amide bonds. The van der Waals surface area contributed by atoms with Gasteiger partial charge in [0, 0.05) is 31.3 Å². The van der Waals surface area contributed by atoms with E-state index >= 15 is 0 Å². The Labute approximate surface area is 144 Å². The maximum atomic E-state index is 12.6. The van der Waals surface area contributed by atoms with Crippen molar-refractivity contribution in [2.45, 2.75) is 4.90 Å². The molecule has 0 unspecified atom stereocenters. The molecule has 3 N–H and O–H groups in total. The summed E-state index contributed by atoms with van der Waals surface area (Å²) < 4.78 is 44.1. The zero-order valence-corrected chi connectivity index (χ0v) is 14.0. The number of fused-ring (bicyclic) bond motifs is 1. The number of ether oxygens (including phenoxy) is 1. The third-order valence-electron chi connectivity index (χ3n) is 4.61. The number of hydrogen-bond acceptors (Lipinski definition) is 6. The van der Waals surface area contributed by atoms with Crippen molar-refractivity contribution in [1.29, 1.82) is 0 Å². The highest BCUT2D eigenvalue weighted by atomic mass is 32.2. The topological polar surface area (TPSA) is 123 Å². The summed E-state index contributed by atoms with van der Waals surface area (Å²) in [5.41, 5.74) is 5.56. The van der Waals surface area contributed by atoms with Crippen LogP contribution in [-0.4, -0.2) is 55.0 Å². The first kappa shape index (κ1) is 17.8. The van der Waals surface area contributed by atoms with E-state index in [2.05, 4.69) is 4.98 Å². The molecule has 1 saturated heterocycles. The van der Waals surface area contributed by atoms with Gasteiger partial charge >= 0.3 is 5.97 Å². The Morgan fingerprint density at radius 1 is 1.44 bits per heavy atom. The van der Waals surface area contributed by atoms with Crippen LogP contribution in [0.25, 0.3) is 0 Å². The number of piperidine rings is 1. The van der Waals surface area contributed by atoms with Crippen LogP contribution in [0.15, 0.2) is 35.1 Å². The van der Waals surface area contributed by atoms with E-state index in [1.165, 1.54) is 22.6 Å². The molecular weight excluding hydrogens is 353 g/mol. The zero-order valence-electron chi connectivity index (χ0n) is 13.2. The largest absolute Gasteiger partial charge is 0.481 e. The summed E-state index contributed by atoms with van der Waals surface area (Å²) in [6.45, 7) is 0.364. The number of rotatable bonds is 7. The van der Waals surface area contributed by atoms with Gasteiger partial charge in [0.15, 0.2) is 0 Å². The minimum atomic E-state index is -3.72. The number of aliphatic carboxylic acids is 1. The van der Waals surface area contributed by atoms with Gasteiger partial charge in [-0.25, -0.2) is 17.8 Å². The fraction of sp³-hybridized carbons (Fsp3) is 0.467. The number of nitrogens with zero attached hydrogens (tertiary/aromatic N) is 2. The zero-order chi connectivity index (χ0) is 18.2. The summed E-state index contributed by atoms with van der Waals surface area (Å²) in [6, 6.07) is 2.74. The monoisotopic (exact) mass is 371 g/mol. The normalized spacial score (nSPS) is 26.3. The van der Waals surface area contributed by atoms with Crippen molar-refractivity contribution >= 4 is 16.0 Å². The number of pyridine rings is 1. The van der Waals surface area contributed by atoms with Crippen molar-refractivity contribution in [2.24, 2.45) is 23.5 Å². The Hall–Kier alpha value is -2.04. The predicted octanol–water partition coefficient (Wildman–Crippen LogP) is 0.224. The van der Waals surface area contributed by atoms with Gasteiger partial charge in [0.1, 0.15) is 11.5 Å². The highest BCUT2D eigenvalue weighted by Gasteiger charge is 2.61. The van der Waals surface area contributed by atoms with Gasteiger partial charge in [-0.1, -0.05) is 0 Å². The first-order valence-corrected chi connectivity index (χ1v) is 9.12. The van der Waals surface area contributed by atoms with Crippen molar-refractivity contribution in [3.8, 4) is 5.88 Å². The van der Waals surface area contributed by atoms with E-state index in [9.17, 15) is 17.6 Å². The number of hydrogen-bond donors (Lipinski definition) is 2. The molecule has 2 aliphatic rings. The second kappa shape index (κ2) is 6.70. The number of sulfonamides is 1. The molecule has 2 atom stereocenters. The Morgan fingerprint density at radius 3 is 2.60 bits per heavy atom. The van der Waals surface area contributed by atoms with Crippen LogP contribution in [-0.2, 0) is 14.8 Å². The second-order valence-corrected chi connectivity index (χ2v) is 8.04. The molecule has 10 heteroatoms. The second-order valence-electron chi connectivity index (χ2n) is 6.11. The lowest BCUT2D eigenvalue weighted by Gasteiger charge is -2.18. The Bertz CT molecular complexity index is 784. The Kier molecular flexibility index (Phi) is 4.76. The number of carboxylic acids is 1. The molecule has 25 heavy (non-hydrogen) atoms. The van der Waals surface area contributed by atoms with Crippen LogP contribution in [0.1, 0.15) is 0 Å². The molecule has 1 aromatic rings. The molecular formula is C15H18FN3O5S. The van der Waals surface area contributed by atoms with Crippen molar-refractivity contribution in [2.75, 3.05) is 26.2 Å². The molecule has 1 aromatic heterocycles. The standard InChI is InChI=1S/C15H18FN3O5S/c16-3-9(4-17)8-24-13-2-1-10(5-18-13)25(22,23)19-6-11-12(7-19)14(11)15(20)21/h1-3,5,11-12,14H,4,6-8,17H2,(H,20,21)/b9-3+/t11-,12-/m1/s1. The minimum absolute atomic E-state index is 0.00751. The van der Waals surface area contributed by atoms with Crippen LogP contribution < -0.4 is 10.5 Å². The van der Waals surface area contributed by atoms with Crippen LogP contribution in [0.3, 0.4) is 0 Å². The molecule has 1 saturated carbocycles. The minimum Gasteiger partial charge on any atom is -0.481 e. The first-order valence-electron chi connectivity index (χ1n) is 7.68. The van der Waals surface area contributed by atoms with Crippen LogP contribution >= 0.6 is 0 Å². The van der Waals surface area contributed by atoms with Gasteiger partial charge in [-0.2, -0.15) is 4.31 Å². The number of carbonyl (C=O) groups is 1. The van der Waals surface area contributed by atoms with Gasteiger partial charge in [0.25, 0.3) is 0 Å². The predicted molar refractivity (Wildman–Crippen MR) is 84.8 cm³/mol. The van der Waals surface area contributed by atoms with E-state index in [-0.39, 0.29) is 54.4 Å². The van der Waals surface area contributed by atoms with E-state index in [1.807, 2.05) is 0 Å². The third kappa shape index (κ3) is 3.37. The van der Waals surface area contributed by atoms with Crippen LogP contribution in [0, 0.1) is 17.8 Å². The fourth-order valence-corrected chi connectivity index (χ4v) is 4.57.